The topological polar surface area (TPSA) is 52.0 Å². The Labute approximate surface area is 136 Å². The van der Waals surface area contributed by atoms with Gasteiger partial charge in [-0.2, -0.15) is 5.10 Å². The smallest absolute Gasteiger partial charge is 0.266 e. The molecule has 3 rings (SSSR count). The lowest BCUT2D eigenvalue weighted by Crippen LogP contribution is -2.28. The van der Waals surface area contributed by atoms with Crippen molar-refractivity contribution < 1.29 is 4.79 Å². The van der Waals surface area contributed by atoms with Crippen LogP contribution in [0.1, 0.15) is 48.2 Å². The molecule has 0 atom stereocenters. The van der Waals surface area contributed by atoms with Gasteiger partial charge in [0.1, 0.15) is 0 Å². The molecule has 1 aromatic carbocycles. The molecule has 0 unspecified atom stereocenters. The minimum atomic E-state index is -0.0773. The van der Waals surface area contributed by atoms with Crippen molar-refractivity contribution in [1.29, 1.82) is 0 Å². The summed E-state index contributed by atoms with van der Waals surface area (Å²) >= 11 is 0. The van der Waals surface area contributed by atoms with Gasteiger partial charge < -0.3 is 0 Å². The fourth-order valence-electron chi connectivity index (χ4n) is 3.22. The quantitative estimate of drug-likeness (QED) is 0.797. The minimum absolute atomic E-state index is 0.0287. The second kappa shape index (κ2) is 7.36. The highest BCUT2D eigenvalue weighted by atomic mass is 16.1. The third-order valence-electron chi connectivity index (χ3n) is 4.52. The molecule has 2 aromatic rings. The highest BCUT2D eigenvalue weighted by molar-refractivity contribution is 5.97. The molecule has 1 fully saturated rings. The second-order valence-electron chi connectivity index (χ2n) is 6.32. The average Bonchev–Trinajstić information content (AvgIpc) is 2.59. The summed E-state index contributed by atoms with van der Waals surface area (Å²) < 4.78 is 1.55. The number of hydrogen-bond donors (Lipinski definition) is 0. The number of carbonyl (C=O) groups is 1. The molecule has 1 heterocycles. The van der Waals surface area contributed by atoms with Crippen molar-refractivity contribution >= 4 is 5.78 Å². The number of Topliss-reactive ketones (excluding diaryl/α,β-unsaturated/α-hetero) is 1. The highest BCUT2D eigenvalue weighted by Crippen LogP contribution is 2.24. The molecule has 1 aromatic heterocycles. The lowest BCUT2D eigenvalue weighted by Gasteiger charge is -2.21. The van der Waals surface area contributed by atoms with E-state index in [-0.39, 0.29) is 17.8 Å². The molecule has 1 saturated carbocycles. The van der Waals surface area contributed by atoms with Crippen molar-refractivity contribution in [3.8, 4) is 0 Å². The standard InChI is InChI=1S/C19H22N2O2/c22-18(16-9-5-2-6-10-16)13-17-11-12-19(23)21(20-17)14-15-7-3-1-4-8-15/h2,5-6,9-12,15H,1,3-4,7-8,13-14H2. The molecule has 0 aliphatic heterocycles. The van der Waals surface area contributed by atoms with E-state index >= 15 is 0 Å². The summed E-state index contributed by atoms with van der Waals surface area (Å²) in [6.07, 6.45) is 6.35. The first-order valence-electron chi connectivity index (χ1n) is 8.37. The van der Waals surface area contributed by atoms with Gasteiger partial charge >= 0.3 is 0 Å². The van der Waals surface area contributed by atoms with Crippen LogP contribution in [0.2, 0.25) is 0 Å². The predicted molar refractivity (Wildman–Crippen MR) is 89.5 cm³/mol. The van der Waals surface area contributed by atoms with Crippen molar-refractivity contribution in [3.63, 3.8) is 0 Å². The third-order valence-corrected chi connectivity index (χ3v) is 4.52. The van der Waals surface area contributed by atoms with E-state index in [1.165, 1.54) is 38.2 Å². The molecule has 0 saturated heterocycles. The maximum atomic E-state index is 12.3. The van der Waals surface area contributed by atoms with E-state index in [0.717, 1.165) is 0 Å². The van der Waals surface area contributed by atoms with Crippen LogP contribution in [0.4, 0.5) is 0 Å². The van der Waals surface area contributed by atoms with Crippen molar-refractivity contribution in [2.24, 2.45) is 5.92 Å². The summed E-state index contributed by atoms with van der Waals surface area (Å²) in [5, 5.41) is 4.42. The Balaban J connectivity index is 1.72. The Hall–Kier alpha value is -2.23. The fraction of sp³-hybridized carbons (Fsp3) is 0.421. The predicted octanol–water partition coefficient (Wildman–Crippen LogP) is 3.25. The number of hydrogen-bond acceptors (Lipinski definition) is 3. The van der Waals surface area contributed by atoms with Crippen LogP contribution in [0.15, 0.2) is 47.3 Å². The Bertz CT molecular complexity index is 716. The van der Waals surface area contributed by atoms with Crippen LogP contribution in [0.5, 0.6) is 0 Å². The molecule has 0 bridgehead atoms. The van der Waals surface area contributed by atoms with Gasteiger partial charge in [-0.15, -0.1) is 0 Å². The Kier molecular flexibility index (Phi) is 5.01. The summed E-state index contributed by atoms with van der Waals surface area (Å²) in [5.41, 5.74) is 1.26. The van der Waals surface area contributed by atoms with Crippen LogP contribution < -0.4 is 5.56 Å². The van der Waals surface area contributed by atoms with Gasteiger partial charge in [0.25, 0.3) is 5.56 Å². The number of carbonyl (C=O) groups excluding carboxylic acids is 1. The van der Waals surface area contributed by atoms with E-state index in [9.17, 15) is 9.59 Å². The monoisotopic (exact) mass is 310 g/mol. The minimum Gasteiger partial charge on any atom is -0.294 e. The maximum absolute atomic E-state index is 12.3. The molecule has 1 aliphatic carbocycles. The van der Waals surface area contributed by atoms with Gasteiger partial charge in [-0.1, -0.05) is 49.6 Å². The maximum Gasteiger partial charge on any atom is 0.266 e. The SMILES string of the molecule is O=C(Cc1ccc(=O)n(CC2CCCCC2)n1)c1ccccc1. The summed E-state index contributed by atoms with van der Waals surface area (Å²) in [6, 6.07) is 12.4. The fourth-order valence-corrected chi connectivity index (χ4v) is 3.22. The zero-order valence-corrected chi connectivity index (χ0v) is 13.3. The van der Waals surface area contributed by atoms with Gasteiger partial charge in [0, 0.05) is 18.2 Å². The Morgan fingerprint density at radius 2 is 1.78 bits per heavy atom. The highest BCUT2D eigenvalue weighted by Gasteiger charge is 2.16. The van der Waals surface area contributed by atoms with Crippen LogP contribution in [-0.4, -0.2) is 15.6 Å². The van der Waals surface area contributed by atoms with E-state index in [0.29, 0.717) is 23.7 Å². The van der Waals surface area contributed by atoms with E-state index < -0.39 is 0 Å². The molecule has 0 amide bonds. The Morgan fingerprint density at radius 1 is 1.04 bits per heavy atom. The van der Waals surface area contributed by atoms with Crippen LogP contribution in [-0.2, 0) is 13.0 Å². The zero-order valence-electron chi connectivity index (χ0n) is 13.3. The molecule has 0 spiro atoms. The van der Waals surface area contributed by atoms with Gasteiger partial charge in [0.2, 0.25) is 0 Å². The van der Waals surface area contributed by atoms with Crippen LogP contribution in [0.25, 0.3) is 0 Å². The zero-order chi connectivity index (χ0) is 16.1. The van der Waals surface area contributed by atoms with Gasteiger partial charge in [0.15, 0.2) is 5.78 Å². The molecule has 4 nitrogen and oxygen atoms in total. The number of nitrogens with zero attached hydrogens (tertiary/aromatic N) is 2. The normalized spacial score (nSPS) is 15.5. The van der Waals surface area contributed by atoms with Crippen molar-refractivity contribution in [3.05, 3.63) is 64.1 Å². The van der Waals surface area contributed by atoms with Crippen LogP contribution >= 0.6 is 0 Å². The van der Waals surface area contributed by atoms with E-state index in [1.807, 2.05) is 18.2 Å². The van der Waals surface area contributed by atoms with E-state index in [2.05, 4.69) is 5.10 Å². The summed E-state index contributed by atoms with van der Waals surface area (Å²) in [5.74, 6) is 0.565. The van der Waals surface area contributed by atoms with Crippen molar-refractivity contribution in [2.75, 3.05) is 0 Å². The molecular formula is C19H22N2O2. The summed E-state index contributed by atoms with van der Waals surface area (Å²) in [4.78, 5) is 24.3. The third kappa shape index (κ3) is 4.15. The molecule has 0 N–H and O–H groups in total. The summed E-state index contributed by atoms with van der Waals surface area (Å²) in [7, 11) is 0. The van der Waals surface area contributed by atoms with Gasteiger partial charge in [-0.3, -0.25) is 9.59 Å². The van der Waals surface area contributed by atoms with E-state index in [1.54, 1.807) is 22.9 Å². The number of aromatic nitrogens is 2. The molecule has 0 radical (unpaired) electrons. The average molecular weight is 310 g/mol. The van der Waals surface area contributed by atoms with Gasteiger partial charge in [-0.05, 0) is 24.8 Å². The number of ketones is 1. The van der Waals surface area contributed by atoms with Gasteiger partial charge in [0.05, 0.1) is 12.1 Å². The van der Waals surface area contributed by atoms with Crippen molar-refractivity contribution in [2.45, 2.75) is 45.1 Å². The molecular weight excluding hydrogens is 288 g/mol. The number of rotatable bonds is 5. The lowest BCUT2D eigenvalue weighted by molar-refractivity contribution is 0.0991. The first kappa shape index (κ1) is 15.7. The molecule has 1 aliphatic rings. The first-order valence-corrected chi connectivity index (χ1v) is 8.37. The first-order chi connectivity index (χ1) is 11.2. The Morgan fingerprint density at radius 3 is 2.52 bits per heavy atom. The van der Waals surface area contributed by atoms with Crippen molar-refractivity contribution in [1.82, 2.24) is 9.78 Å². The second-order valence-corrected chi connectivity index (χ2v) is 6.32. The molecule has 120 valence electrons. The largest absolute Gasteiger partial charge is 0.294 e. The summed E-state index contributed by atoms with van der Waals surface area (Å²) in [6.45, 7) is 0.673. The number of benzene rings is 1. The van der Waals surface area contributed by atoms with E-state index in [4.69, 9.17) is 0 Å². The van der Waals surface area contributed by atoms with Gasteiger partial charge in [-0.25, -0.2) is 4.68 Å². The van der Waals surface area contributed by atoms with Crippen LogP contribution in [0.3, 0.4) is 0 Å². The van der Waals surface area contributed by atoms with Crippen LogP contribution in [0, 0.1) is 5.92 Å². The molecule has 23 heavy (non-hydrogen) atoms. The lowest BCUT2D eigenvalue weighted by atomic mass is 9.89. The molecule has 4 heteroatoms.